The molecule has 0 amide bonds. The van der Waals surface area contributed by atoms with E-state index in [1.165, 1.54) is 38.9 Å². The SMILES string of the molecule is CCc1cc(C)cc(C)c1.c1ccc2c(c1)Cc1ccccc1-2. The van der Waals surface area contributed by atoms with Gasteiger partial charge in [-0.1, -0.05) is 84.8 Å². The van der Waals surface area contributed by atoms with Crippen LogP contribution in [0.15, 0.2) is 66.7 Å². The van der Waals surface area contributed by atoms with Gasteiger partial charge in [-0.05, 0) is 54.5 Å². The summed E-state index contributed by atoms with van der Waals surface area (Å²) in [6.45, 7) is 6.48. The van der Waals surface area contributed by atoms with Crippen LogP contribution in [0, 0.1) is 13.8 Å². The Morgan fingerprint density at radius 3 is 1.65 bits per heavy atom. The molecule has 116 valence electrons. The first-order valence-corrected chi connectivity index (χ1v) is 8.40. The van der Waals surface area contributed by atoms with E-state index in [4.69, 9.17) is 0 Å². The van der Waals surface area contributed by atoms with E-state index in [-0.39, 0.29) is 0 Å². The topological polar surface area (TPSA) is 0 Å². The minimum absolute atomic E-state index is 1.10. The zero-order valence-electron chi connectivity index (χ0n) is 14.3. The molecule has 0 radical (unpaired) electrons. The van der Waals surface area contributed by atoms with Crippen molar-refractivity contribution in [3.8, 4) is 11.1 Å². The molecule has 1 aliphatic carbocycles. The number of aryl methyl sites for hydroxylation is 3. The summed E-state index contributed by atoms with van der Waals surface area (Å²) in [6.07, 6.45) is 2.24. The molecule has 23 heavy (non-hydrogen) atoms. The minimum atomic E-state index is 1.10. The van der Waals surface area contributed by atoms with Crippen molar-refractivity contribution in [2.45, 2.75) is 33.6 Å². The normalized spacial score (nSPS) is 11.3. The van der Waals surface area contributed by atoms with Crippen molar-refractivity contribution in [1.29, 1.82) is 0 Å². The zero-order valence-corrected chi connectivity index (χ0v) is 14.3. The summed E-state index contributed by atoms with van der Waals surface area (Å²) in [5, 5.41) is 0. The third-order valence-corrected chi connectivity index (χ3v) is 4.40. The minimum Gasteiger partial charge on any atom is -0.0619 e. The monoisotopic (exact) mass is 300 g/mol. The summed E-state index contributed by atoms with van der Waals surface area (Å²) in [5.41, 5.74) is 9.94. The Labute approximate surface area is 139 Å². The van der Waals surface area contributed by atoms with Gasteiger partial charge in [0.05, 0.1) is 0 Å². The first kappa shape index (κ1) is 15.6. The van der Waals surface area contributed by atoms with E-state index in [1.54, 1.807) is 0 Å². The predicted octanol–water partition coefficient (Wildman–Crippen LogP) is 6.12. The highest BCUT2D eigenvalue weighted by Gasteiger charge is 2.15. The van der Waals surface area contributed by atoms with Gasteiger partial charge in [-0.15, -0.1) is 0 Å². The van der Waals surface area contributed by atoms with Gasteiger partial charge in [0.2, 0.25) is 0 Å². The molecule has 3 aromatic carbocycles. The van der Waals surface area contributed by atoms with Crippen molar-refractivity contribution >= 4 is 0 Å². The van der Waals surface area contributed by atoms with E-state index in [0.717, 1.165) is 12.8 Å². The Kier molecular flexibility index (Phi) is 4.62. The van der Waals surface area contributed by atoms with Gasteiger partial charge in [0.15, 0.2) is 0 Å². The van der Waals surface area contributed by atoms with Gasteiger partial charge in [-0.25, -0.2) is 0 Å². The average molecular weight is 300 g/mol. The van der Waals surface area contributed by atoms with Crippen LogP contribution in [0.5, 0.6) is 0 Å². The van der Waals surface area contributed by atoms with Gasteiger partial charge >= 0.3 is 0 Å². The quantitative estimate of drug-likeness (QED) is 0.397. The lowest BCUT2D eigenvalue weighted by molar-refractivity contribution is 1.12. The van der Waals surface area contributed by atoms with Crippen LogP contribution in [-0.2, 0) is 12.8 Å². The Hall–Kier alpha value is -2.34. The van der Waals surface area contributed by atoms with Crippen LogP contribution in [-0.4, -0.2) is 0 Å². The van der Waals surface area contributed by atoms with Crippen LogP contribution in [0.3, 0.4) is 0 Å². The Balaban J connectivity index is 0.000000142. The molecule has 0 saturated heterocycles. The number of fused-ring (bicyclic) bond motifs is 3. The van der Waals surface area contributed by atoms with Crippen LogP contribution in [0.1, 0.15) is 34.7 Å². The van der Waals surface area contributed by atoms with E-state index in [9.17, 15) is 0 Å². The van der Waals surface area contributed by atoms with E-state index < -0.39 is 0 Å². The van der Waals surface area contributed by atoms with Gasteiger partial charge in [-0.3, -0.25) is 0 Å². The Bertz CT molecular complexity index is 748. The van der Waals surface area contributed by atoms with Crippen LogP contribution in [0.2, 0.25) is 0 Å². The molecule has 0 heterocycles. The van der Waals surface area contributed by atoms with E-state index in [2.05, 4.69) is 87.5 Å². The van der Waals surface area contributed by atoms with Gasteiger partial charge in [-0.2, -0.15) is 0 Å². The highest BCUT2D eigenvalue weighted by molar-refractivity contribution is 5.76. The van der Waals surface area contributed by atoms with Crippen LogP contribution < -0.4 is 0 Å². The standard InChI is InChI=1S/C13H10.C10H14/c1-3-7-12-10(5-1)9-11-6-2-4-8-13(11)12;1-4-10-6-8(2)5-9(3)7-10/h1-8H,9H2;5-7H,4H2,1-3H3. The zero-order chi connectivity index (χ0) is 16.2. The largest absolute Gasteiger partial charge is 0.0619 e. The Morgan fingerprint density at radius 2 is 1.17 bits per heavy atom. The molecule has 4 rings (SSSR count). The number of hydrogen-bond acceptors (Lipinski definition) is 0. The molecular formula is C23H24. The number of hydrogen-bond donors (Lipinski definition) is 0. The molecule has 0 nitrogen and oxygen atoms in total. The summed E-state index contributed by atoms with van der Waals surface area (Å²) < 4.78 is 0. The van der Waals surface area contributed by atoms with Crippen LogP contribution in [0.25, 0.3) is 11.1 Å². The van der Waals surface area contributed by atoms with Crippen molar-refractivity contribution in [3.05, 3.63) is 94.5 Å². The van der Waals surface area contributed by atoms with Gasteiger partial charge < -0.3 is 0 Å². The lowest BCUT2D eigenvalue weighted by atomic mass is 10.1. The van der Waals surface area contributed by atoms with Crippen molar-refractivity contribution in [3.63, 3.8) is 0 Å². The molecule has 0 heteroatoms. The summed E-state index contributed by atoms with van der Waals surface area (Å²) in [7, 11) is 0. The molecule has 0 aliphatic heterocycles. The van der Waals surface area contributed by atoms with Crippen molar-refractivity contribution in [1.82, 2.24) is 0 Å². The molecule has 0 fully saturated rings. The van der Waals surface area contributed by atoms with E-state index in [0.29, 0.717) is 0 Å². The summed E-state index contributed by atoms with van der Waals surface area (Å²) >= 11 is 0. The lowest BCUT2D eigenvalue weighted by Gasteiger charge is -2.00. The third-order valence-electron chi connectivity index (χ3n) is 4.40. The highest BCUT2D eigenvalue weighted by atomic mass is 14.2. The van der Waals surface area contributed by atoms with Gasteiger partial charge in [0.25, 0.3) is 0 Å². The maximum absolute atomic E-state index is 2.24. The lowest BCUT2D eigenvalue weighted by Crippen LogP contribution is -1.83. The average Bonchev–Trinajstić information content (AvgIpc) is 2.93. The molecule has 0 saturated carbocycles. The number of rotatable bonds is 1. The summed E-state index contributed by atoms with van der Waals surface area (Å²) in [5.74, 6) is 0. The molecule has 0 unspecified atom stereocenters. The maximum Gasteiger partial charge on any atom is -0.00135 e. The van der Waals surface area contributed by atoms with E-state index in [1.807, 2.05) is 0 Å². The second-order valence-corrected chi connectivity index (χ2v) is 6.34. The fourth-order valence-electron chi connectivity index (χ4n) is 3.35. The molecule has 0 spiro atoms. The molecule has 0 bridgehead atoms. The highest BCUT2D eigenvalue weighted by Crippen LogP contribution is 2.35. The maximum atomic E-state index is 2.24. The van der Waals surface area contributed by atoms with Crippen LogP contribution >= 0.6 is 0 Å². The summed E-state index contributed by atoms with van der Waals surface area (Å²) in [6, 6.07) is 24.0. The van der Waals surface area contributed by atoms with Crippen molar-refractivity contribution in [2.75, 3.05) is 0 Å². The van der Waals surface area contributed by atoms with Crippen molar-refractivity contribution in [2.24, 2.45) is 0 Å². The molecule has 0 atom stereocenters. The molecular weight excluding hydrogens is 276 g/mol. The molecule has 1 aliphatic rings. The first-order chi connectivity index (χ1) is 11.2. The predicted molar refractivity (Wildman–Crippen MR) is 100.0 cm³/mol. The molecule has 0 aromatic heterocycles. The Morgan fingerprint density at radius 1 is 0.696 bits per heavy atom. The van der Waals surface area contributed by atoms with Crippen LogP contribution in [0.4, 0.5) is 0 Å². The molecule has 0 N–H and O–H groups in total. The smallest absolute Gasteiger partial charge is 0.00135 e. The van der Waals surface area contributed by atoms with Gasteiger partial charge in [0.1, 0.15) is 0 Å². The third kappa shape index (κ3) is 3.53. The molecule has 3 aromatic rings. The second kappa shape index (κ2) is 6.83. The van der Waals surface area contributed by atoms with E-state index >= 15 is 0 Å². The number of benzene rings is 3. The first-order valence-electron chi connectivity index (χ1n) is 8.40. The summed E-state index contributed by atoms with van der Waals surface area (Å²) in [4.78, 5) is 0. The fourth-order valence-corrected chi connectivity index (χ4v) is 3.35. The van der Waals surface area contributed by atoms with Gasteiger partial charge in [0, 0.05) is 0 Å². The van der Waals surface area contributed by atoms with Crippen molar-refractivity contribution < 1.29 is 0 Å². The fraction of sp³-hybridized carbons (Fsp3) is 0.217. The second-order valence-electron chi connectivity index (χ2n) is 6.34.